The van der Waals surface area contributed by atoms with Gasteiger partial charge in [0.1, 0.15) is 17.5 Å². The molecule has 1 saturated heterocycles. The van der Waals surface area contributed by atoms with E-state index in [-0.39, 0.29) is 5.60 Å². The van der Waals surface area contributed by atoms with Crippen LogP contribution in [0.2, 0.25) is 0 Å². The Morgan fingerprint density at radius 3 is 3.05 bits per heavy atom. The highest BCUT2D eigenvalue weighted by Crippen LogP contribution is 2.25. The minimum absolute atomic E-state index is 0.333. The summed E-state index contributed by atoms with van der Waals surface area (Å²) in [5, 5.41) is 13.5. The van der Waals surface area contributed by atoms with Gasteiger partial charge >= 0.3 is 0 Å². The molecule has 1 unspecified atom stereocenters. The lowest BCUT2D eigenvalue weighted by Crippen LogP contribution is -2.39. The lowest BCUT2D eigenvalue weighted by atomic mass is 10.0. The zero-order valence-electron chi connectivity index (χ0n) is 11.9. The van der Waals surface area contributed by atoms with Gasteiger partial charge in [-0.2, -0.15) is 5.26 Å². The van der Waals surface area contributed by atoms with E-state index < -0.39 is 0 Å². The molecule has 1 aromatic heterocycles. The van der Waals surface area contributed by atoms with Gasteiger partial charge in [-0.15, -0.1) is 0 Å². The Bertz CT molecular complexity index is 687. The Morgan fingerprint density at radius 1 is 1.48 bits per heavy atom. The maximum atomic E-state index is 9.31. The highest BCUT2D eigenvalue weighted by molar-refractivity contribution is 5.82. The number of hydrogen-bond acceptors (Lipinski definition) is 5. The van der Waals surface area contributed by atoms with Crippen molar-refractivity contribution in [3.8, 4) is 6.07 Å². The first kappa shape index (κ1) is 13.8. The molecule has 1 atom stereocenters. The number of methoxy groups -OCH3 is 1. The molecule has 0 saturated carbocycles. The van der Waals surface area contributed by atoms with Crippen molar-refractivity contribution in [1.29, 1.82) is 5.26 Å². The summed E-state index contributed by atoms with van der Waals surface area (Å²) in [5.41, 5.74) is 1.08. The van der Waals surface area contributed by atoms with Crippen molar-refractivity contribution in [1.82, 2.24) is 4.98 Å². The SMILES string of the molecule is COC1(CNc2nc3ccccc3cc2C#N)CCOC1. The van der Waals surface area contributed by atoms with Crippen LogP contribution in [0.25, 0.3) is 10.9 Å². The van der Waals surface area contributed by atoms with Crippen molar-refractivity contribution >= 4 is 16.7 Å². The van der Waals surface area contributed by atoms with Crippen molar-refractivity contribution in [3.05, 3.63) is 35.9 Å². The van der Waals surface area contributed by atoms with Crippen LogP contribution in [-0.2, 0) is 9.47 Å². The van der Waals surface area contributed by atoms with Gasteiger partial charge in [-0.3, -0.25) is 0 Å². The normalized spacial score (nSPS) is 21.3. The van der Waals surface area contributed by atoms with E-state index in [1.165, 1.54) is 0 Å². The number of pyridine rings is 1. The number of ether oxygens (including phenoxy) is 2. The van der Waals surface area contributed by atoms with E-state index in [9.17, 15) is 5.26 Å². The van der Waals surface area contributed by atoms with E-state index in [4.69, 9.17) is 9.47 Å². The third kappa shape index (κ3) is 2.68. The zero-order chi connectivity index (χ0) is 14.7. The van der Waals surface area contributed by atoms with Crippen LogP contribution >= 0.6 is 0 Å². The Labute approximate surface area is 123 Å². The highest BCUT2D eigenvalue weighted by Gasteiger charge is 2.35. The monoisotopic (exact) mass is 283 g/mol. The van der Waals surface area contributed by atoms with Crippen LogP contribution in [0.5, 0.6) is 0 Å². The van der Waals surface area contributed by atoms with Crippen molar-refractivity contribution in [2.24, 2.45) is 0 Å². The first-order valence-corrected chi connectivity index (χ1v) is 6.93. The molecule has 5 heteroatoms. The van der Waals surface area contributed by atoms with Gasteiger partial charge in [-0.25, -0.2) is 4.98 Å². The molecule has 0 aliphatic carbocycles. The Kier molecular flexibility index (Phi) is 3.74. The summed E-state index contributed by atoms with van der Waals surface area (Å²) < 4.78 is 11.0. The molecule has 0 amide bonds. The summed E-state index contributed by atoms with van der Waals surface area (Å²) >= 11 is 0. The van der Waals surface area contributed by atoms with Crippen molar-refractivity contribution < 1.29 is 9.47 Å². The number of nitrogens with zero attached hydrogens (tertiary/aromatic N) is 2. The maximum absolute atomic E-state index is 9.31. The van der Waals surface area contributed by atoms with Crippen LogP contribution in [0.1, 0.15) is 12.0 Å². The maximum Gasteiger partial charge on any atom is 0.144 e. The minimum atomic E-state index is -0.333. The van der Waals surface area contributed by atoms with Gasteiger partial charge in [0.15, 0.2) is 0 Å². The zero-order valence-corrected chi connectivity index (χ0v) is 11.9. The molecular weight excluding hydrogens is 266 g/mol. The van der Waals surface area contributed by atoms with E-state index in [2.05, 4.69) is 16.4 Å². The quantitative estimate of drug-likeness (QED) is 0.932. The van der Waals surface area contributed by atoms with E-state index in [1.54, 1.807) is 7.11 Å². The van der Waals surface area contributed by atoms with E-state index in [0.717, 1.165) is 17.3 Å². The molecule has 0 spiro atoms. The van der Waals surface area contributed by atoms with E-state index >= 15 is 0 Å². The fraction of sp³-hybridized carbons (Fsp3) is 0.375. The molecule has 2 heterocycles. The van der Waals surface area contributed by atoms with Crippen molar-refractivity contribution in [2.75, 3.05) is 32.2 Å². The molecule has 1 aliphatic heterocycles. The van der Waals surface area contributed by atoms with Gasteiger partial charge in [0.25, 0.3) is 0 Å². The lowest BCUT2D eigenvalue weighted by molar-refractivity contribution is -0.00625. The summed E-state index contributed by atoms with van der Waals surface area (Å²) in [6.45, 7) is 1.83. The smallest absolute Gasteiger partial charge is 0.144 e. The first-order chi connectivity index (χ1) is 10.3. The summed E-state index contributed by atoms with van der Waals surface area (Å²) in [6.07, 6.45) is 0.839. The van der Waals surface area contributed by atoms with Gasteiger partial charge < -0.3 is 14.8 Å². The Morgan fingerprint density at radius 2 is 2.33 bits per heavy atom. The summed E-state index contributed by atoms with van der Waals surface area (Å²) in [5.74, 6) is 0.597. The standard InChI is InChI=1S/C16H17N3O2/c1-20-16(6-7-21-11-16)10-18-15-13(9-17)8-12-4-2-3-5-14(12)19-15/h2-5,8H,6-7,10-11H2,1H3,(H,18,19). The second-order valence-electron chi connectivity index (χ2n) is 5.23. The summed E-state index contributed by atoms with van der Waals surface area (Å²) in [4.78, 5) is 4.54. The van der Waals surface area contributed by atoms with Gasteiger partial charge in [-0.05, 0) is 12.1 Å². The third-order valence-electron chi connectivity index (χ3n) is 3.92. The summed E-state index contributed by atoms with van der Waals surface area (Å²) in [6, 6.07) is 11.8. The number of aromatic nitrogens is 1. The number of benzene rings is 1. The van der Waals surface area contributed by atoms with Crippen LogP contribution in [-0.4, -0.2) is 37.5 Å². The van der Waals surface area contributed by atoms with Gasteiger partial charge in [-0.1, -0.05) is 18.2 Å². The second-order valence-corrected chi connectivity index (χ2v) is 5.23. The third-order valence-corrected chi connectivity index (χ3v) is 3.92. The molecule has 21 heavy (non-hydrogen) atoms. The predicted molar refractivity (Wildman–Crippen MR) is 80.1 cm³/mol. The average molecular weight is 283 g/mol. The van der Waals surface area contributed by atoms with E-state index in [0.29, 0.717) is 31.1 Å². The van der Waals surface area contributed by atoms with Crippen LogP contribution in [0, 0.1) is 11.3 Å². The molecule has 0 radical (unpaired) electrons. The molecule has 2 aromatic rings. The predicted octanol–water partition coefficient (Wildman–Crippen LogP) is 2.32. The van der Waals surface area contributed by atoms with Crippen molar-refractivity contribution in [3.63, 3.8) is 0 Å². The lowest BCUT2D eigenvalue weighted by Gasteiger charge is -2.26. The fourth-order valence-electron chi connectivity index (χ4n) is 2.54. The van der Waals surface area contributed by atoms with Gasteiger partial charge in [0.05, 0.1) is 17.7 Å². The van der Waals surface area contributed by atoms with Crippen LogP contribution < -0.4 is 5.32 Å². The molecule has 1 fully saturated rings. The Hall–Kier alpha value is -2.16. The van der Waals surface area contributed by atoms with Crippen LogP contribution in [0.3, 0.4) is 0 Å². The molecule has 1 aliphatic rings. The number of fused-ring (bicyclic) bond motifs is 1. The first-order valence-electron chi connectivity index (χ1n) is 6.93. The van der Waals surface area contributed by atoms with E-state index in [1.807, 2.05) is 30.3 Å². The van der Waals surface area contributed by atoms with Crippen molar-refractivity contribution in [2.45, 2.75) is 12.0 Å². The van der Waals surface area contributed by atoms with Gasteiger partial charge in [0.2, 0.25) is 0 Å². The highest BCUT2D eigenvalue weighted by atomic mass is 16.5. The summed E-state index contributed by atoms with van der Waals surface area (Å²) in [7, 11) is 1.69. The molecular formula is C16H17N3O2. The van der Waals surface area contributed by atoms with Gasteiger partial charge in [0, 0.05) is 32.1 Å². The molecule has 1 N–H and O–H groups in total. The number of hydrogen-bond donors (Lipinski definition) is 1. The topological polar surface area (TPSA) is 67.2 Å². The average Bonchev–Trinajstić information content (AvgIpc) is 3.01. The molecule has 3 rings (SSSR count). The number of para-hydroxylation sites is 1. The molecule has 0 bridgehead atoms. The Balaban J connectivity index is 1.87. The van der Waals surface area contributed by atoms with Crippen LogP contribution in [0.15, 0.2) is 30.3 Å². The minimum Gasteiger partial charge on any atom is -0.378 e. The number of nitrogens with one attached hydrogen (secondary N) is 1. The fourth-order valence-corrected chi connectivity index (χ4v) is 2.54. The van der Waals surface area contributed by atoms with Crippen LogP contribution in [0.4, 0.5) is 5.82 Å². The number of nitriles is 1. The largest absolute Gasteiger partial charge is 0.378 e. The number of rotatable bonds is 4. The second kappa shape index (κ2) is 5.68. The molecule has 5 nitrogen and oxygen atoms in total. The molecule has 108 valence electrons. The molecule has 1 aromatic carbocycles. The number of anilines is 1.